The first-order chi connectivity index (χ1) is 12.0. The summed E-state index contributed by atoms with van der Waals surface area (Å²) in [4.78, 5) is 42.2. The van der Waals surface area contributed by atoms with Crippen LogP contribution in [0.3, 0.4) is 0 Å². The highest BCUT2D eigenvalue weighted by Crippen LogP contribution is 2.28. The molecule has 25 heavy (non-hydrogen) atoms. The molecule has 0 aliphatic rings. The summed E-state index contributed by atoms with van der Waals surface area (Å²) in [5.41, 5.74) is 0.177. The molecule has 2 rings (SSSR count). The van der Waals surface area contributed by atoms with Crippen LogP contribution in [0.4, 0.5) is 0 Å². The number of aryl methyl sites for hydroxylation is 1. The lowest BCUT2D eigenvalue weighted by molar-refractivity contribution is -0.147. The highest BCUT2D eigenvalue weighted by atomic mass is 32.1. The molecule has 2 aromatic rings. The van der Waals surface area contributed by atoms with Crippen LogP contribution < -0.4 is 5.56 Å². The molecule has 136 valence electrons. The van der Waals surface area contributed by atoms with E-state index in [1.807, 2.05) is 6.92 Å². The predicted molar refractivity (Wildman–Crippen MR) is 95.2 cm³/mol. The Balaban J connectivity index is 2.51. The minimum atomic E-state index is -0.735. The van der Waals surface area contributed by atoms with Gasteiger partial charge in [-0.15, -0.1) is 11.3 Å². The largest absolute Gasteiger partial charge is 0.464 e. The molecular formula is C17H22N2O5S. The topological polar surface area (TPSA) is 87.5 Å². The van der Waals surface area contributed by atoms with Crippen molar-refractivity contribution in [3.05, 3.63) is 27.1 Å². The number of nitrogens with zero attached hydrogens (tertiary/aromatic N) is 2. The second kappa shape index (κ2) is 8.24. The molecule has 0 bridgehead atoms. The van der Waals surface area contributed by atoms with Crippen molar-refractivity contribution in [1.82, 2.24) is 9.55 Å². The van der Waals surface area contributed by atoms with Crippen LogP contribution in [0.1, 0.15) is 54.9 Å². The van der Waals surface area contributed by atoms with E-state index in [2.05, 4.69) is 4.98 Å². The van der Waals surface area contributed by atoms with Crippen LogP contribution in [0.15, 0.2) is 11.1 Å². The summed E-state index contributed by atoms with van der Waals surface area (Å²) in [6.07, 6.45) is 2.46. The van der Waals surface area contributed by atoms with Crippen LogP contribution in [-0.2, 0) is 14.3 Å². The van der Waals surface area contributed by atoms with Gasteiger partial charge in [0.25, 0.3) is 5.56 Å². The van der Waals surface area contributed by atoms with Gasteiger partial charge in [-0.1, -0.05) is 13.8 Å². The molecule has 0 fully saturated rings. The number of fused-ring (bicyclic) bond motifs is 1. The van der Waals surface area contributed by atoms with E-state index >= 15 is 0 Å². The van der Waals surface area contributed by atoms with Gasteiger partial charge in [0.2, 0.25) is 0 Å². The van der Waals surface area contributed by atoms with E-state index in [0.717, 1.165) is 11.3 Å². The Kier molecular flexibility index (Phi) is 6.30. The summed E-state index contributed by atoms with van der Waals surface area (Å²) in [5.74, 6) is -0.922. The van der Waals surface area contributed by atoms with Gasteiger partial charge in [-0.3, -0.25) is 9.36 Å². The van der Waals surface area contributed by atoms with Crippen LogP contribution >= 0.6 is 11.3 Å². The molecule has 0 spiro atoms. The van der Waals surface area contributed by atoms with Gasteiger partial charge in [0.15, 0.2) is 0 Å². The Morgan fingerprint density at radius 1 is 1.28 bits per heavy atom. The Morgan fingerprint density at radius 3 is 2.60 bits per heavy atom. The molecule has 0 aliphatic heterocycles. The van der Waals surface area contributed by atoms with Crippen molar-refractivity contribution in [2.45, 2.75) is 46.6 Å². The van der Waals surface area contributed by atoms with E-state index in [-0.39, 0.29) is 12.2 Å². The van der Waals surface area contributed by atoms with Crippen molar-refractivity contribution < 1.29 is 19.1 Å². The van der Waals surface area contributed by atoms with Crippen molar-refractivity contribution in [2.24, 2.45) is 0 Å². The van der Waals surface area contributed by atoms with E-state index in [9.17, 15) is 14.4 Å². The predicted octanol–water partition coefficient (Wildman–Crippen LogP) is 2.85. The van der Waals surface area contributed by atoms with Crippen molar-refractivity contribution in [3.8, 4) is 0 Å². The Labute approximate surface area is 149 Å². The van der Waals surface area contributed by atoms with Gasteiger partial charge >= 0.3 is 11.9 Å². The summed E-state index contributed by atoms with van der Waals surface area (Å²) in [5, 5.41) is 0.345. The molecule has 8 heteroatoms. The van der Waals surface area contributed by atoms with Gasteiger partial charge in [0.05, 0.1) is 24.9 Å². The standard InChI is InChI=1S/C17H22N2O5S/c1-5-8-24-16(21)11(6-2)19-9-18-14-12(15(19)20)10(4)13(25-14)17(22)23-7-3/h9,11H,5-8H2,1-4H3. The fraction of sp³-hybridized carbons (Fsp3) is 0.529. The van der Waals surface area contributed by atoms with Crippen LogP contribution in [0.2, 0.25) is 0 Å². The maximum Gasteiger partial charge on any atom is 0.348 e. The van der Waals surface area contributed by atoms with E-state index in [1.54, 1.807) is 20.8 Å². The highest BCUT2D eigenvalue weighted by Gasteiger charge is 2.25. The number of aromatic nitrogens is 2. The number of rotatable bonds is 7. The van der Waals surface area contributed by atoms with Crippen molar-refractivity contribution in [3.63, 3.8) is 0 Å². The normalized spacial score (nSPS) is 12.2. The number of thiophene rings is 1. The maximum absolute atomic E-state index is 12.9. The van der Waals surface area contributed by atoms with Gasteiger partial charge in [0, 0.05) is 0 Å². The molecule has 0 N–H and O–H groups in total. The van der Waals surface area contributed by atoms with Crippen LogP contribution in [0.25, 0.3) is 10.2 Å². The molecular weight excluding hydrogens is 344 g/mol. The second-order valence-electron chi connectivity index (χ2n) is 5.51. The average molecular weight is 366 g/mol. The van der Waals surface area contributed by atoms with Crippen LogP contribution in [0.5, 0.6) is 0 Å². The fourth-order valence-corrected chi connectivity index (χ4v) is 3.56. The molecule has 2 aromatic heterocycles. The molecule has 2 heterocycles. The zero-order chi connectivity index (χ0) is 18.6. The summed E-state index contributed by atoms with van der Waals surface area (Å²) in [6.45, 7) is 7.68. The number of esters is 2. The van der Waals surface area contributed by atoms with E-state index < -0.39 is 18.0 Å². The third-order valence-corrected chi connectivity index (χ3v) is 4.96. The molecule has 0 radical (unpaired) electrons. The molecule has 7 nitrogen and oxygen atoms in total. The van der Waals surface area contributed by atoms with Gasteiger partial charge in [-0.2, -0.15) is 0 Å². The number of hydrogen-bond donors (Lipinski definition) is 0. The second-order valence-corrected chi connectivity index (χ2v) is 6.50. The lowest BCUT2D eigenvalue weighted by Crippen LogP contribution is -2.31. The summed E-state index contributed by atoms with van der Waals surface area (Å²) in [6, 6.07) is -0.735. The summed E-state index contributed by atoms with van der Waals surface area (Å²) in [7, 11) is 0. The van der Waals surface area contributed by atoms with Gasteiger partial charge < -0.3 is 9.47 Å². The maximum atomic E-state index is 12.9. The first-order valence-corrected chi connectivity index (χ1v) is 9.11. The monoisotopic (exact) mass is 366 g/mol. The summed E-state index contributed by atoms with van der Waals surface area (Å²) >= 11 is 1.12. The third-order valence-electron chi connectivity index (χ3n) is 3.78. The number of hydrogen-bond acceptors (Lipinski definition) is 7. The first kappa shape index (κ1) is 19.1. The minimum absolute atomic E-state index is 0.255. The van der Waals surface area contributed by atoms with Crippen molar-refractivity contribution >= 4 is 33.5 Å². The van der Waals surface area contributed by atoms with Crippen LogP contribution in [0, 0.1) is 6.92 Å². The molecule has 0 saturated heterocycles. The summed E-state index contributed by atoms with van der Waals surface area (Å²) < 4.78 is 11.5. The Morgan fingerprint density at radius 2 is 2.00 bits per heavy atom. The van der Waals surface area contributed by atoms with E-state index in [4.69, 9.17) is 9.47 Å². The lowest BCUT2D eigenvalue weighted by atomic mass is 10.2. The van der Waals surface area contributed by atoms with Gasteiger partial charge in [-0.05, 0) is 32.3 Å². The van der Waals surface area contributed by atoms with Crippen molar-refractivity contribution in [2.75, 3.05) is 13.2 Å². The number of carbonyl (C=O) groups excluding carboxylic acids is 2. The zero-order valence-electron chi connectivity index (χ0n) is 14.8. The minimum Gasteiger partial charge on any atom is -0.464 e. The molecule has 1 unspecified atom stereocenters. The Hall–Kier alpha value is -2.22. The number of ether oxygens (including phenoxy) is 2. The van der Waals surface area contributed by atoms with Crippen molar-refractivity contribution in [1.29, 1.82) is 0 Å². The molecule has 1 atom stereocenters. The smallest absolute Gasteiger partial charge is 0.348 e. The molecule has 0 aliphatic carbocycles. The SMILES string of the molecule is CCCOC(=O)C(CC)n1cnc2sc(C(=O)OCC)c(C)c2c1=O. The fourth-order valence-electron chi connectivity index (χ4n) is 2.53. The molecule has 0 aromatic carbocycles. The molecule has 0 saturated carbocycles. The van der Waals surface area contributed by atoms with E-state index in [1.165, 1.54) is 10.9 Å². The zero-order valence-corrected chi connectivity index (χ0v) is 15.6. The third kappa shape index (κ3) is 3.73. The van der Waals surface area contributed by atoms with Crippen LogP contribution in [-0.4, -0.2) is 34.7 Å². The lowest BCUT2D eigenvalue weighted by Gasteiger charge is -2.16. The van der Waals surface area contributed by atoms with E-state index in [0.29, 0.717) is 40.1 Å². The quantitative estimate of drug-likeness (QED) is 0.700. The Bertz CT molecular complexity index is 839. The number of carbonyl (C=O) groups is 2. The molecule has 0 amide bonds. The average Bonchev–Trinajstić information content (AvgIpc) is 2.93. The van der Waals surface area contributed by atoms with Gasteiger partial charge in [0.1, 0.15) is 15.7 Å². The highest BCUT2D eigenvalue weighted by molar-refractivity contribution is 7.20. The first-order valence-electron chi connectivity index (χ1n) is 8.30. The van der Waals surface area contributed by atoms with Gasteiger partial charge in [-0.25, -0.2) is 14.6 Å².